The lowest BCUT2D eigenvalue weighted by Gasteiger charge is -2.38. The van der Waals surface area contributed by atoms with Crippen molar-refractivity contribution in [1.29, 1.82) is 0 Å². The number of carbonyl (C=O) groups excluding carboxylic acids is 4. The molecule has 3 atom stereocenters. The highest BCUT2D eigenvalue weighted by molar-refractivity contribution is 7.88. The molecular weight excluding hydrogens is 628 g/mol. The molecule has 4 amide bonds. The van der Waals surface area contributed by atoms with Crippen LogP contribution < -0.4 is 10.6 Å². The molecule has 0 aromatic carbocycles. The number of urea groups is 1. The minimum absolute atomic E-state index is 0.0293. The van der Waals surface area contributed by atoms with Gasteiger partial charge >= 0.3 is 12.0 Å². The van der Waals surface area contributed by atoms with E-state index in [1.807, 2.05) is 11.0 Å². The van der Waals surface area contributed by atoms with E-state index in [0.29, 0.717) is 62.3 Å². The van der Waals surface area contributed by atoms with Gasteiger partial charge in [-0.2, -0.15) is 0 Å². The molecule has 1 aromatic rings. The van der Waals surface area contributed by atoms with E-state index >= 15 is 0 Å². The smallest absolute Gasteiger partial charge is 0.325 e. The fourth-order valence-electron chi connectivity index (χ4n) is 5.76. The molecule has 3 fully saturated rings. The number of hydrogen-bond donors (Lipinski definition) is 2. The molecule has 244 valence electrons. The van der Waals surface area contributed by atoms with E-state index in [2.05, 4.69) is 15.5 Å². The van der Waals surface area contributed by atoms with Gasteiger partial charge in [0.1, 0.15) is 6.54 Å². The van der Waals surface area contributed by atoms with Crippen molar-refractivity contribution < 1.29 is 28.1 Å². The Morgan fingerprint density at radius 2 is 1.89 bits per heavy atom. The Kier molecular flexibility index (Phi) is 13.5. The summed E-state index contributed by atoms with van der Waals surface area (Å²) in [6, 6.07) is 3.10. The zero-order valence-electron chi connectivity index (χ0n) is 25.2. The summed E-state index contributed by atoms with van der Waals surface area (Å²) >= 11 is 7.36. The number of likely N-dealkylation sites (tertiary alicyclic amines) is 2. The number of carbonyl (C=O) groups is 4. The molecule has 0 bridgehead atoms. The molecule has 44 heavy (non-hydrogen) atoms. The molecule has 0 saturated carbocycles. The highest BCUT2D eigenvalue weighted by Gasteiger charge is 2.35. The number of piperazine rings is 1. The normalized spacial score (nSPS) is 22.0. The van der Waals surface area contributed by atoms with Crippen LogP contribution in [0.4, 0.5) is 4.79 Å². The Morgan fingerprint density at radius 1 is 1.11 bits per heavy atom. The van der Waals surface area contributed by atoms with Crippen molar-refractivity contribution in [3.05, 3.63) is 26.8 Å². The summed E-state index contributed by atoms with van der Waals surface area (Å²) in [7, 11) is -1.17. The number of esters is 1. The number of hydrogen-bond acceptors (Lipinski definition) is 9. The van der Waals surface area contributed by atoms with Crippen LogP contribution in [0.1, 0.15) is 37.5 Å². The first-order valence-electron chi connectivity index (χ1n) is 15.3. The number of nitrogens with zero attached hydrogens (tertiary/aromatic N) is 4. The average molecular weight is 671 g/mol. The van der Waals surface area contributed by atoms with E-state index in [9.17, 15) is 23.4 Å². The highest BCUT2D eigenvalue weighted by Crippen LogP contribution is 2.23. The Morgan fingerprint density at radius 3 is 2.61 bits per heavy atom. The second-order valence-corrected chi connectivity index (χ2v) is 14.3. The third-order valence-corrected chi connectivity index (χ3v) is 10.3. The average Bonchev–Trinajstić information content (AvgIpc) is 3.65. The fourth-order valence-corrected chi connectivity index (χ4v) is 7.56. The molecule has 0 spiro atoms. The molecule has 3 aliphatic heterocycles. The maximum atomic E-state index is 13.4. The van der Waals surface area contributed by atoms with Gasteiger partial charge < -0.3 is 30.1 Å². The third-order valence-electron chi connectivity index (χ3n) is 8.04. The Labute approximate surface area is 270 Å². The summed E-state index contributed by atoms with van der Waals surface area (Å²) in [5.74, 6) is -0.174. The van der Waals surface area contributed by atoms with Gasteiger partial charge in [0.05, 0.1) is 23.5 Å². The molecule has 3 aliphatic rings. The first kappa shape index (κ1) is 34.4. The largest absolute Gasteiger partial charge is 0.465 e. The number of rotatable bonds is 13. The van der Waals surface area contributed by atoms with Crippen LogP contribution in [0.2, 0.25) is 4.34 Å². The number of piperidine rings is 1. The predicted octanol–water partition coefficient (Wildman–Crippen LogP) is 1.58. The Balaban J connectivity index is 1.17. The van der Waals surface area contributed by atoms with Crippen LogP contribution in [0.5, 0.6) is 0 Å². The standard InChI is InChI=1S/C29H43ClN6O6S2/c1-2-42-27(38)19-32-29(40)34-15-13-33(14-16-34)20-22-5-3-12-36(22)26(37)21-35-11-4-6-24(28(35)39)31-10-18-44(41)17-9-23-7-8-25(30)43-23/h7-9,17,22,24,31H,2-6,10-16,18-21H2,1H3,(H,32,40)/b17-9+/t22-,24-,44?/m0/s1. The fraction of sp³-hybridized carbons (Fsp3) is 0.655. The van der Waals surface area contributed by atoms with E-state index in [1.165, 1.54) is 11.3 Å². The number of thiophene rings is 1. The van der Waals surface area contributed by atoms with E-state index in [4.69, 9.17) is 16.3 Å². The number of nitrogens with one attached hydrogen (secondary N) is 2. The van der Waals surface area contributed by atoms with Crippen molar-refractivity contribution in [1.82, 2.24) is 30.2 Å². The quantitative estimate of drug-likeness (QED) is 0.303. The summed E-state index contributed by atoms with van der Waals surface area (Å²) in [6.45, 7) is 6.78. The monoisotopic (exact) mass is 670 g/mol. The second kappa shape index (κ2) is 17.2. The number of halogens is 1. The molecule has 15 heteroatoms. The maximum Gasteiger partial charge on any atom is 0.325 e. The van der Waals surface area contributed by atoms with Crippen molar-refractivity contribution in [2.24, 2.45) is 0 Å². The molecule has 1 unspecified atom stereocenters. The number of ether oxygens (including phenoxy) is 1. The van der Waals surface area contributed by atoms with Crippen molar-refractivity contribution in [3.63, 3.8) is 0 Å². The van der Waals surface area contributed by atoms with Gasteiger partial charge in [0.25, 0.3) is 0 Å². The first-order chi connectivity index (χ1) is 21.2. The molecule has 1 aromatic heterocycles. The van der Waals surface area contributed by atoms with Crippen molar-refractivity contribution in [3.8, 4) is 0 Å². The lowest BCUT2D eigenvalue weighted by Crippen LogP contribution is -2.56. The highest BCUT2D eigenvalue weighted by atomic mass is 35.5. The van der Waals surface area contributed by atoms with Crippen LogP contribution in [-0.4, -0.2) is 138 Å². The minimum atomic E-state index is -1.17. The SMILES string of the molecule is CCOC(=O)CNC(=O)N1CCN(C[C@@H]2CCCN2C(=O)CN2CCC[C@H](NCCS(=O)/C=C/c3ccc(Cl)s3)C2=O)CC1. The molecule has 3 saturated heterocycles. The van der Waals surface area contributed by atoms with Crippen molar-refractivity contribution in [2.75, 3.05) is 77.8 Å². The van der Waals surface area contributed by atoms with Crippen LogP contribution in [0, 0.1) is 0 Å². The maximum absolute atomic E-state index is 13.4. The minimum Gasteiger partial charge on any atom is -0.465 e. The van der Waals surface area contributed by atoms with Crippen LogP contribution in [0.3, 0.4) is 0 Å². The Bertz CT molecular complexity index is 1210. The lowest BCUT2D eigenvalue weighted by atomic mass is 10.0. The summed E-state index contributed by atoms with van der Waals surface area (Å²) in [4.78, 5) is 58.9. The molecule has 2 N–H and O–H groups in total. The first-order valence-corrected chi connectivity index (χ1v) is 17.8. The van der Waals surface area contributed by atoms with Crippen LogP contribution in [0.25, 0.3) is 6.08 Å². The van der Waals surface area contributed by atoms with Gasteiger partial charge in [-0.05, 0) is 50.8 Å². The molecule has 0 radical (unpaired) electrons. The van der Waals surface area contributed by atoms with Gasteiger partial charge in [0.2, 0.25) is 11.8 Å². The molecule has 4 rings (SSSR count). The van der Waals surface area contributed by atoms with Crippen molar-refractivity contribution in [2.45, 2.75) is 44.7 Å². The molecule has 12 nitrogen and oxygen atoms in total. The summed E-state index contributed by atoms with van der Waals surface area (Å²) in [5.41, 5.74) is 0. The zero-order chi connectivity index (χ0) is 31.5. The van der Waals surface area contributed by atoms with Crippen LogP contribution >= 0.6 is 22.9 Å². The van der Waals surface area contributed by atoms with Gasteiger partial charge in [-0.25, -0.2) is 4.79 Å². The van der Waals surface area contributed by atoms with Gasteiger partial charge in [0, 0.05) is 85.2 Å². The van der Waals surface area contributed by atoms with Gasteiger partial charge in [0.15, 0.2) is 0 Å². The number of amides is 4. The molecule has 4 heterocycles. The van der Waals surface area contributed by atoms with E-state index < -0.39 is 16.8 Å². The van der Waals surface area contributed by atoms with Gasteiger partial charge in [-0.15, -0.1) is 11.3 Å². The molecular formula is C29H43ClN6O6S2. The van der Waals surface area contributed by atoms with Gasteiger partial charge in [-0.3, -0.25) is 23.5 Å². The van der Waals surface area contributed by atoms with E-state index in [0.717, 1.165) is 30.7 Å². The lowest BCUT2D eigenvalue weighted by molar-refractivity contribution is -0.144. The van der Waals surface area contributed by atoms with Crippen molar-refractivity contribution >= 4 is 63.6 Å². The third kappa shape index (κ3) is 10.3. The second-order valence-electron chi connectivity index (χ2n) is 11.1. The van der Waals surface area contributed by atoms with E-state index in [1.54, 1.807) is 34.3 Å². The van der Waals surface area contributed by atoms with E-state index in [-0.39, 0.29) is 49.6 Å². The van der Waals surface area contributed by atoms with Crippen LogP contribution in [-0.2, 0) is 29.9 Å². The summed E-state index contributed by atoms with van der Waals surface area (Å²) in [5, 5.41) is 7.50. The Hall–Kier alpha value is -2.52. The molecule has 0 aliphatic carbocycles. The zero-order valence-corrected chi connectivity index (χ0v) is 27.6. The van der Waals surface area contributed by atoms with Crippen LogP contribution in [0.15, 0.2) is 17.5 Å². The summed E-state index contributed by atoms with van der Waals surface area (Å²) < 4.78 is 17.9. The summed E-state index contributed by atoms with van der Waals surface area (Å²) in [6.07, 6.45) is 5.14. The van der Waals surface area contributed by atoms with Gasteiger partial charge in [-0.1, -0.05) is 11.6 Å². The topological polar surface area (TPSA) is 132 Å². The predicted molar refractivity (Wildman–Crippen MR) is 172 cm³/mol.